The van der Waals surface area contributed by atoms with E-state index in [9.17, 15) is 4.79 Å². The smallest absolute Gasteiger partial charge is 0.335 e. The van der Waals surface area contributed by atoms with Gasteiger partial charge in [0, 0.05) is 19.6 Å². The molecule has 0 aromatic heterocycles. The second kappa shape index (κ2) is 5.87. The molecule has 1 saturated heterocycles. The highest BCUT2D eigenvalue weighted by atomic mass is 16.4. The summed E-state index contributed by atoms with van der Waals surface area (Å²) in [7, 11) is 0. The maximum Gasteiger partial charge on any atom is 0.335 e. The molecule has 1 aliphatic rings. The lowest BCUT2D eigenvalue weighted by Crippen LogP contribution is -2.45. The molecule has 0 aliphatic carbocycles. The van der Waals surface area contributed by atoms with Crippen LogP contribution < -0.4 is 5.01 Å². The molecule has 0 saturated carbocycles. The van der Waals surface area contributed by atoms with Crippen molar-refractivity contribution in [2.75, 3.05) is 24.6 Å². The maximum atomic E-state index is 10.8. The first-order valence-corrected chi connectivity index (χ1v) is 6.58. The first kappa shape index (κ1) is 12.9. The molecule has 0 bridgehead atoms. The van der Waals surface area contributed by atoms with E-state index in [2.05, 4.69) is 16.9 Å². The summed E-state index contributed by atoms with van der Waals surface area (Å²) < 4.78 is 0. The molecule has 4 nitrogen and oxygen atoms in total. The van der Waals surface area contributed by atoms with Gasteiger partial charge in [-0.05, 0) is 44.0 Å². The number of carboxylic acids is 1. The molecule has 0 amide bonds. The number of hydrazine groups is 1. The molecule has 0 radical (unpaired) electrons. The fraction of sp³-hybridized carbons (Fsp3) is 0.500. The molecule has 1 fully saturated rings. The van der Waals surface area contributed by atoms with Crippen molar-refractivity contribution in [2.24, 2.45) is 0 Å². The Bertz CT molecular complexity index is 397. The third kappa shape index (κ3) is 2.82. The number of carbonyl (C=O) groups is 1. The lowest BCUT2D eigenvalue weighted by atomic mass is 10.1. The molecular weight excluding hydrogens is 228 g/mol. The van der Waals surface area contributed by atoms with Crippen LogP contribution in [-0.2, 0) is 0 Å². The fourth-order valence-electron chi connectivity index (χ4n) is 2.44. The van der Waals surface area contributed by atoms with Crippen molar-refractivity contribution in [1.29, 1.82) is 0 Å². The second-order valence-electron chi connectivity index (χ2n) is 4.58. The first-order valence-electron chi connectivity index (χ1n) is 6.58. The topological polar surface area (TPSA) is 43.8 Å². The number of hydrogen-bond acceptors (Lipinski definition) is 3. The molecule has 1 aromatic carbocycles. The van der Waals surface area contributed by atoms with Crippen LogP contribution in [0.4, 0.5) is 5.69 Å². The molecular formula is C14H20N2O2. The van der Waals surface area contributed by atoms with E-state index < -0.39 is 5.97 Å². The SMILES string of the molecule is CCN(c1ccc(C(=O)O)cc1)N1CCCCC1. The molecule has 1 heterocycles. The number of benzene rings is 1. The quantitative estimate of drug-likeness (QED) is 0.889. The van der Waals surface area contributed by atoms with E-state index in [1.807, 2.05) is 12.1 Å². The summed E-state index contributed by atoms with van der Waals surface area (Å²) in [5.74, 6) is -0.873. The predicted octanol–water partition coefficient (Wildman–Crippen LogP) is 2.61. The van der Waals surface area contributed by atoms with Gasteiger partial charge in [0.15, 0.2) is 0 Å². The summed E-state index contributed by atoms with van der Waals surface area (Å²) in [6.45, 7) is 5.22. The van der Waals surface area contributed by atoms with Crippen LogP contribution in [0.5, 0.6) is 0 Å². The Balaban J connectivity index is 2.13. The highest BCUT2D eigenvalue weighted by Crippen LogP contribution is 2.20. The average molecular weight is 248 g/mol. The van der Waals surface area contributed by atoms with Gasteiger partial charge < -0.3 is 10.1 Å². The highest BCUT2D eigenvalue weighted by Gasteiger charge is 2.17. The number of carboxylic acid groups (broad SMARTS) is 1. The fourth-order valence-corrected chi connectivity index (χ4v) is 2.44. The van der Waals surface area contributed by atoms with Crippen LogP contribution in [0.15, 0.2) is 24.3 Å². The van der Waals surface area contributed by atoms with Gasteiger partial charge in [-0.3, -0.25) is 0 Å². The van der Waals surface area contributed by atoms with Crippen LogP contribution in [-0.4, -0.2) is 35.7 Å². The van der Waals surface area contributed by atoms with E-state index in [0.717, 1.165) is 25.3 Å². The molecule has 0 spiro atoms. The number of hydrogen-bond donors (Lipinski definition) is 1. The van der Waals surface area contributed by atoms with Crippen LogP contribution in [0.3, 0.4) is 0 Å². The van der Waals surface area contributed by atoms with Gasteiger partial charge in [0.1, 0.15) is 0 Å². The van der Waals surface area contributed by atoms with E-state index in [1.165, 1.54) is 19.3 Å². The minimum Gasteiger partial charge on any atom is -0.478 e. The minimum absolute atomic E-state index is 0.341. The van der Waals surface area contributed by atoms with Crippen molar-refractivity contribution in [3.05, 3.63) is 29.8 Å². The highest BCUT2D eigenvalue weighted by molar-refractivity contribution is 5.88. The van der Waals surface area contributed by atoms with Gasteiger partial charge in [0.05, 0.1) is 11.3 Å². The van der Waals surface area contributed by atoms with Gasteiger partial charge in [-0.15, -0.1) is 0 Å². The van der Waals surface area contributed by atoms with Gasteiger partial charge >= 0.3 is 5.97 Å². The molecule has 18 heavy (non-hydrogen) atoms. The molecule has 1 aromatic rings. The Labute approximate surface area is 108 Å². The van der Waals surface area contributed by atoms with Crippen LogP contribution in [0.2, 0.25) is 0 Å². The lowest BCUT2D eigenvalue weighted by molar-refractivity contribution is 0.0697. The van der Waals surface area contributed by atoms with Gasteiger partial charge in [-0.25, -0.2) is 9.80 Å². The Hall–Kier alpha value is -1.55. The third-order valence-electron chi connectivity index (χ3n) is 3.39. The van der Waals surface area contributed by atoms with Gasteiger partial charge in [0.2, 0.25) is 0 Å². The summed E-state index contributed by atoms with van der Waals surface area (Å²) >= 11 is 0. The largest absolute Gasteiger partial charge is 0.478 e. The Kier molecular flexibility index (Phi) is 4.20. The normalized spacial score (nSPS) is 16.5. The molecule has 0 atom stereocenters. The molecule has 0 unspecified atom stereocenters. The predicted molar refractivity (Wildman–Crippen MR) is 71.8 cm³/mol. The third-order valence-corrected chi connectivity index (χ3v) is 3.39. The van der Waals surface area contributed by atoms with Crippen molar-refractivity contribution in [1.82, 2.24) is 5.01 Å². The van der Waals surface area contributed by atoms with Crippen molar-refractivity contribution < 1.29 is 9.90 Å². The zero-order chi connectivity index (χ0) is 13.0. The van der Waals surface area contributed by atoms with Gasteiger partial charge in [-0.2, -0.15) is 0 Å². The summed E-state index contributed by atoms with van der Waals surface area (Å²) in [4.78, 5) is 10.8. The van der Waals surface area contributed by atoms with Crippen LogP contribution in [0, 0.1) is 0 Å². The summed E-state index contributed by atoms with van der Waals surface area (Å²) in [6.07, 6.45) is 3.79. The van der Waals surface area contributed by atoms with Crippen molar-refractivity contribution in [3.8, 4) is 0 Å². The van der Waals surface area contributed by atoms with Crippen molar-refractivity contribution in [3.63, 3.8) is 0 Å². The average Bonchev–Trinajstić information content (AvgIpc) is 2.41. The Morgan fingerprint density at radius 2 is 1.83 bits per heavy atom. The number of piperidine rings is 1. The second-order valence-corrected chi connectivity index (χ2v) is 4.58. The summed E-state index contributed by atoms with van der Waals surface area (Å²) in [5, 5.41) is 13.5. The number of rotatable bonds is 4. The van der Waals surface area contributed by atoms with E-state index >= 15 is 0 Å². The van der Waals surface area contributed by atoms with E-state index in [1.54, 1.807) is 12.1 Å². The van der Waals surface area contributed by atoms with Gasteiger partial charge in [0.25, 0.3) is 0 Å². The molecule has 2 rings (SSSR count). The number of aromatic carboxylic acids is 1. The first-order chi connectivity index (χ1) is 8.72. The number of anilines is 1. The summed E-state index contributed by atoms with van der Waals surface area (Å²) in [6, 6.07) is 7.12. The summed E-state index contributed by atoms with van der Waals surface area (Å²) in [5.41, 5.74) is 1.41. The zero-order valence-corrected chi connectivity index (χ0v) is 10.8. The van der Waals surface area contributed by atoms with Crippen LogP contribution in [0.25, 0.3) is 0 Å². The van der Waals surface area contributed by atoms with Crippen LogP contribution >= 0.6 is 0 Å². The monoisotopic (exact) mass is 248 g/mol. The minimum atomic E-state index is -0.873. The Morgan fingerprint density at radius 3 is 2.33 bits per heavy atom. The van der Waals surface area contributed by atoms with Crippen molar-refractivity contribution in [2.45, 2.75) is 26.2 Å². The molecule has 4 heteroatoms. The van der Waals surface area contributed by atoms with E-state index in [0.29, 0.717) is 5.56 Å². The molecule has 98 valence electrons. The van der Waals surface area contributed by atoms with E-state index in [-0.39, 0.29) is 0 Å². The standard InChI is InChI=1S/C14H20N2O2/c1-2-16(15-10-4-3-5-11-15)13-8-6-12(7-9-13)14(17)18/h6-9H,2-5,10-11H2,1H3,(H,17,18). The van der Waals surface area contributed by atoms with Gasteiger partial charge in [-0.1, -0.05) is 6.42 Å². The lowest BCUT2D eigenvalue weighted by Gasteiger charge is -2.38. The van der Waals surface area contributed by atoms with Crippen molar-refractivity contribution >= 4 is 11.7 Å². The zero-order valence-electron chi connectivity index (χ0n) is 10.8. The Morgan fingerprint density at radius 1 is 1.22 bits per heavy atom. The molecule has 1 N–H and O–H groups in total. The van der Waals surface area contributed by atoms with E-state index in [4.69, 9.17) is 5.11 Å². The number of nitrogens with zero attached hydrogens (tertiary/aromatic N) is 2. The van der Waals surface area contributed by atoms with Crippen LogP contribution in [0.1, 0.15) is 36.5 Å². The maximum absolute atomic E-state index is 10.8. The molecule has 1 aliphatic heterocycles.